The monoisotopic (exact) mass is 209 g/mol. The summed E-state index contributed by atoms with van der Waals surface area (Å²) in [5.74, 6) is 0.171. The van der Waals surface area contributed by atoms with Crippen LogP contribution in [0.3, 0.4) is 0 Å². The van der Waals surface area contributed by atoms with E-state index in [0.717, 1.165) is 6.42 Å². The lowest BCUT2D eigenvalue weighted by Gasteiger charge is -2.42. The minimum absolute atomic E-state index is 0.171. The van der Waals surface area contributed by atoms with Crippen molar-refractivity contribution in [3.05, 3.63) is 0 Å². The van der Waals surface area contributed by atoms with Crippen LogP contribution in [0, 0.1) is 5.92 Å². The van der Waals surface area contributed by atoms with Crippen molar-refractivity contribution in [2.75, 3.05) is 6.54 Å². The zero-order chi connectivity index (χ0) is 10.8. The summed E-state index contributed by atoms with van der Waals surface area (Å²) in [6, 6.07) is 0. The highest BCUT2D eigenvalue weighted by molar-refractivity contribution is 4.98. The molecule has 0 aromatic rings. The van der Waals surface area contributed by atoms with Crippen molar-refractivity contribution in [3.63, 3.8) is 0 Å². The Labute approximate surface area is 83.1 Å². The quantitative estimate of drug-likeness (QED) is 0.736. The first-order valence-corrected chi connectivity index (χ1v) is 5.23. The summed E-state index contributed by atoms with van der Waals surface area (Å²) in [5.41, 5.74) is -1.61. The van der Waals surface area contributed by atoms with E-state index in [1.165, 1.54) is 0 Å². The van der Waals surface area contributed by atoms with Gasteiger partial charge < -0.3 is 5.32 Å². The van der Waals surface area contributed by atoms with Gasteiger partial charge in [-0.2, -0.15) is 13.2 Å². The molecule has 0 aromatic heterocycles. The van der Waals surface area contributed by atoms with E-state index in [-0.39, 0.29) is 18.8 Å². The third-order valence-corrected chi connectivity index (χ3v) is 3.06. The fourth-order valence-electron chi connectivity index (χ4n) is 2.41. The van der Waals surface area contributed by atoms with E-state index in [1.807, 2.05) is 6.92 Å². The summed E-state index contributed by atoms with van der Waals surface area (Å²) in [7, 11) is 0. The first-order valence-electron chi connectivity index (χ1n) is 5.23. The summed E-state index contributed by atoms with van der Waals surface area (Å²) in [4.78, 5) is 0. The van der Waals surface area contributed by atoms with Crippen molar-refractivity contribution >= 4 is 0 Å². The van der Waals surface area contributed by atoms with Crippen molar-refractivity contribution in [2.45, 2.75) is 51.2 Å². The topological polar surface area (TPSA) is 12.0 Å². The van der Waals surface area contributed by atoms with Gasteiger partial charge in [0.1, 0.15) is 5.54 Å². The Morgan fingerprint density at radius 2 is 2.07 bits per heavy atom. The largest absolute Gasteiger partial charge is 0.406 e. The van der Waals surface area contributed by atoms with E-state index >= 15 is 0 Å². The average molecular weight is 209 g/mol. The van der Waals surface area contributed by atoms with Crippen LogP contribution in [0.15, 0.2) is 0 Å². The molecule has 1 aliphatic rings. The molecule has 0 saturated heterocycles. The Morgan fingerprint density at radius 3 is 2.50 bits per heavy atom. The Balaban J connectivity index is 2.80. The molecule has 1 nitrogen and oxygen atoms in total. The summed E-state index contributed by atoms with van der Waals surface area (Å²) in [6.45, 7) is 4.01. The highest BCUT2D eigenvalue weighted by Crippen LogP contribution is 2.43. The van der Waals surface area contributed by atoms with E-state index in [4.69, 9.17) is 0 Å². The lowest BCUT2D eigenvalue weighted by atomic mass is 9.76. The fourth-order valence-corrected chi connectivity index (χ4v) is 2.41. The van der Waals surface area contributed by atoms with Crippen molar-refractivity contribution < 1.29 is 13.2 Å². The molecule has 0 aromatic carbocycles. The standard InChI is InChI=1S/C10H18F3N/c1-3-14-9(10(11,12)13)6-4-5-8(2)7-9/h8,14H,3-7H2,1-2H3. The van der Waals surface area contributed by atoms with Crippen molar-refractivity contribution in [2.24, 2.45) is 5.92 Å². The molecule has 2 unspecified atom stereocenters. The number of nitrogens with one attached hydrogen (secondary N) is 1. The van der Waals surface area contributed by atoms with Gasteiger partial charge in [0.05, 0.1) is 0 Å². The second-order valence-corrected chi connectivity index (χ2v) is 4.31. The number of hydrogen-bond acceptors (Lipinski definition) is 1. The van der Waals surface area contributed by atoms with Crippen LogP contribution in [0.25, 0.3) is 0 Å². The number of hydrogen-bond donors (Lipinski definition) is 1. The van der Waals surface area contributed by atoms with Gasteiger partial charge in [0.15, 0.2) is 0 Å². The van der Waals surface area contributed by atoms with Crippen molar-refractivity contribution in [1.29, 1.82) is 0 Å². The van der Waals surface area contributed by atoms with Crippen molar-refractivity contribution in [1.82, 2.24) is 5.32 Å². The SMILES string of the molecule is CCNC1(C(F)(F)F)CCCC(C)C1. The number of halogens is 3. The zero-order valence-corrected chi connectivity index (χ0v) is 8.75. The van der Waals surface area contributed by atoms with E-state index in [1.54, 1.807) is 6.92 Å². The van der Waals surface area contributed by atoms with E-state index in [2.05, 4.69) is 5.32 Å². The van der Waals surface area contributed by atoms with Crippen LogP contribution in [0.1, 0.15) is 39.5 Å². The van der Waals surface area contributed by atoms with Crippen LogP contribution < -0.4 is 5.32 Å². The summed E-state index contributed by atoms with van der Waals surface area (Å²) in [5, 5.41) is 2.64. The number of alkyl halides is 3. The Hall–Kier alpha value is -0.250. The Morgan fingerprint density at radius 1 is 1.43 bits per heavy atom. The molecule has 0 radical (unpaired) electrons. The molecule has 0 bridgehead atoms. The van der Waals surface area contributed by atoms with Crippen LogP contribution >= 0.6 is 0 Å². The highest BCUT2D eigenvalue weighted by Gasteiger charge is 2.55. The Bertz CT molecular complexity index is 186. The maximum atomic E-state index is 12.9. The van der Waals surface area contributed by atoms with Crippen LogP contribution in [0.5, 0.6) is 0 Å². The minimum atomic E-state index is -4.11. The minimum Gasteiger partial charge on any atom is -0.304 e. The van der Waals surface area contributed by atoms with Crippen molar-refractivity contribution in [3.8, 4) is 0 Å². The number of rotatable bonds is 2. The maximum absolute atomic E-state index is 12.9. The van der Waals surface area contributed by atoms with Gasteiger partial charge in [-0.3, -0.25) is 0 Å². The lowest BCUT2D eigenvalue weighted by Crippen LogP contribution is -2.58. The molecule has 1 fully saturated rings. The molecule has 1 aliphatic carbocycles. The zero-order valence-electron chi connectivity index (χ0n) is 8.75. The molecule has 0 heterocycles. The van der Waals surface area contributed by atoms with Crippen LogP contribution in [-0.4, -0.2) is 18.3 Å². The van der Waals surface area contributed by atoms with Gasteiger partial charge in [-0.25, -0.2) is 0 Å². The first-order chi connectivity index (χ1) is 6.41. The molecule has 14 heavy (non-hydrogen) atoms. The van der Waals surface area contributed by atoms with E-state index in [0.29, 0.717) is 13.0 Å². The molecular formula is C10H18F3N. The predicted octanol–water partition coefficient (Wildman–Crippen LogP) is 3.11. The summed E-state index contributed by atoms with van der Waals surface area (Å²) < 4.78 is 38.7. The molecule has 1 rings (SSSR count). The van der Waals surface area contributed by atoms with Crippen LogP contribution in [-0.2, 0) is 0 Å². The van der Waals surface area contributed by atoms with Gasteiger partial charge in [-0.1, -0.05) is 26.7 Å². The summed E-state index contributed by atoms with van der Waals surface area (Å²) >= 11 is 0. The van der Waals surface area contributed by atoms with Gasteiger partial charge in [0.25, 0.3) is 0 Å². The van der Waals surface area contributed by atoms with Crippen LogP contribution in [0.4, 0.5) is 13.2 Å². The molecule has 84 valence electrons. The maximum Gasteiger partial charge on any atom is 0.406 e. The van der Waals surface area contributed by atoms with Gasteiger partial charge in [0.2, 0.25) is 0 Å². The molecule has 0 aliphatic heterocycles. The molecule has 1 saturated carbocycles. The second-order valence-electron chi connectivity index (χ2n) is 4.31. The third kappa shape index (κ3) is 2.22. The predicted molar refractivity (Wildman–Crippen MR) is 50.1 cm³/mol. The Kier molecular flexibility index (Phi) is 3.45. The summed E-state index contributed by atoms with van der Waals surface area (Å²) in [6.07, 6.45) is -2.06. The second kappa shape index (κ2) is 4.09. The smallest absolute Gasteiger partial charge is 0.304 e. The van der Waals surface area contributed by atoms with E-state index in [9.17, 15) is 13.2 Å². The molecular weight excluding hydrogens is 191 g/mol. The molecule has 2 atom stereocenters. The molecule has 0 spiro atoms. The van der Waals surface area contributed by atoms with Gasteiger partial charge >= 0.3 is 6.18 Å². The normalized spacial score (nSPS) is 34.5. The fraction of sp³-hybridized carbons (Fsp3) is 1.00. The molecule has 0 amide bonds. The lowest BCUT2D eigenvalue weighted by molar-refractivity contribution is -0.208. The highest BCUT2D eigenvalue weighted by atomic mass is 19.4. The first kappa shape index (κ1) is 11.8. The molecule has 4 heteroatoms. The molecule has 1 N–H and O–H groups in total. The average Bonchev–Trinajstić information content (AvgIpc) is 2.02. The van der Waals surface area contributed by atoms with Crippen LogP contribution in [0.2, 0.25) is 0 Å². The third-order valence-electron chi connectivity index (χ3n) is 3.06. The van der Waals surface area contributed by atoms with Gasteiger partial charge in [-0.15, -0.1) is 0 Å². The van der Waals surface area contributed by atoms with Gasteiger partial charge in [-0.05, 0) is 25.3 Å². The van der Waals surface area contributed by atoms with E-state index < -0.39 is 11.7 Å². The van der Waals surface area contributed by atoms with Gasteiger partial charge in [0, 0.05) is 0 Å².